The van der Waals surface area contributed by atoms with E-state index in [0.29, 0.717) is 17.7 Å². The lowest BCUT2D eigenvalue weighted by molar-refractivity contribution is 0.102. The molecule has 1 atom stereocenters. The molecule has 0 radical (unpaired) electrons. The lowest BCUT2D eigenvalue weighted by atomic mass is 10.1. The summed E-state index contributed by atoms with van der Waals surface area (Å²) in [6.07, 6.45) is 0.561. The fraction of sp³-hybridized carbons (Fsp3) is 0.208. The quantitative estimate of drug-likeness (QED) is 0.666. The number of fused-ring (bicyclic) bond motifs is 1. The van der Waals surface area contributed by atoms with E-state index in [0.717, 1.165) is 22.4 Å². The first kappa shape index (κ1) is 20.2. The van der Waals surface area contributed by atoms with Crippen LogP contribution in [0.3, 0.4) is 0 Å². The number of nitrogens with zero attached hydrogens (tertiary/aromatic N) is 1. The average molecular weight is 421 g/mol. The topological polar surface area (TPSA) is 66.5 Å². The van der Waals surface area contributed by atoms with E-state index in [1.807, 2.05) is 39.0 Å². The lowest BCUT2D eigenvalue weighted by Crippen LogP contribution is -2.35. The number of aryl methyl sites for hydroxylation is 2. The molecule has 0 fully saturated rings. The number of anilines is 2. The third kappa shape index (κ3) is 3.59. The second-order valence-corrected chi connectivity index (χ2v) is 9.60. The van der Waals surface area contributed by atoms with E-state index in [2.05, 4.69) is 5.32 Å². The summed E-state index contributed by atoms with van der Waals surface area (Å²) in [6, 6.07) is 19.4. The summed E-state index contributed by atoms with van der Waals surface area (Å²) in [7, 11) is -3.66. The van der Waals surface area contributed by atoms with Crippen LogP contribution in [0.4, 0.5) is 11.4 Å². The average Bonchev–Trinajstić information content (AvgIpc) is 3.07. The fourth-order valence-electron chi connectivity index (χ4n) is 3.88. The zero-order valence-electron chi connectivity index (χ0n) is 17.2. The van der Waals surface area contributed by atoms with Crippen molar-refractivity contribution in [3.8, 4) is 0 Å². The molecule has 3 aromatic rings. The van der Waals surface area contributed by atoms with Gasteiger partial charge in [-0.05, 0) is 80.3 Å². The summed E-state index contributed by atoms with van der Waals surface area (Å²) in [4.78, 5) is 13.1. The Morgan fingerprint density at radius 1 is 1.00 bits per heavy atom. The van der Waals surface area contributed by atoms with Gasteiger partial charge in [0.05, 0.1) is 10.6 Å². The Bertz CT molecular complexity index is 1220. The van der Waals surface area contributed by atoms with Crippen LogP contribution in [0.1, 0.15) is 34.0 Å². The van der Waals surface area contributed by atoms with Crippen molar-refractivity contribution < 1.29 is 13.2 Å². The molecule has 0 unspecified atom stereocenters. The van der Waals surface area contributed by atoms with Gasteiger partial charge >= 0.3 is 0 Å². The first-order chi connectivity index (χ1) is 14.3. The first-order valence-electron chi connectivity index (χ1n) is 9.88. The highest BCUT2D eigenvalue weighted by molar-refractivity contribution is 7.92. The zero-order valence-corrected chi connectivity index (χ0v) is 18.0. The molecule has 1 aliphatic heterocycles. The van der Waals surface area contributed by atoms with E-state index < -0.39 is 10.0 Å². The maximum atomic E-state index is 13.2. The molecule has 154 valence electrons. The number of hydrogen-bond donors (Lipinski definition) is 1. The number of carbonyl (C=O) groups excluding carboxylic acids is 1. The molecule has 0 bridgehead atoms. The van der Waals surface area contributed by atoms with Crippen molar-refractivity contribution in [3.63, 3.8) is 0 Å². The molecular weight excluding hydrogens is 396 g/mol. The van der Waals surface area contributed by atoms with Crippen molar-refractivity contribution in [2.75, 3.05) is 9.62 Å². The van der Waals surface area contributed by atoms with Crippen molar-refractivity contribution >= 4 is 27.3 Å². The minimum absolute atomic E-state index is 0.205. The van der Waals surface area contributed by atoms with Crippen LogP contribution < -0.4 is 9.62 Å². The predicted molar refractivity (Wildman–Crippen MR) is 120 cm³/mol. The standard InChI is InChI=1S/C24H24N2O3S/c1-16-9-10-17(2)22(13-16)25-24(27)19-11-12-23-20(15-19)14-18(3)26(23)30(28,29)21-7-5-4-6-8-21/h4-13,15,18H,14H2,1-3H3,(H,25,27)/t18-/m0/s1. The smallest absolute Gasteiger partial charge is 0.264 e. The summed E-state index contributed by atoms with van der Waals surface area (Å²) >= 11 is 0. The van der Waals surface area contributed by atoms with Gasteiger partial charge in [0, 0.05) is 17.3 Å². The van der Waals surface area contributed by atoms with Crippen LogP contribution in [0, 0.1) is 13.8 Å². The van der Waals surface area contributed by atoms with Gasteiger partial charge < -0.3 is 5.32 Å². The molecule has 0 saturated carbocycles. The molecule has 6 heteroatoms. The van der Waals surface area contributed by atoms with Gasteiger partial charge in [-0.25, -0.2) is 8.42 Å². The highest BCUT2D eigenvalue weighted by Crippen LogP contribution is 2.37. The highest BCUT2D eigenvalue weighted by atomic mass is 32.2. The van der Waals surface area contributed by atoms with Gasteiger partial charge in [0.25, 0.3) is 15.9 Å². The monoisotopic (exact) mass is 420 g/mol. The van der Waals surface area contributed by atoms with Gasteiger partial charge in [0.2, 0.25) is 0 Å². The number of nitrogens with one attached hydrogen (secondary N) is 1. The van der Waals surface area contributed by atoms with Crippen molar-refractivity contribution in [1.29, 1.82) is 0 Å². The summed E-state index contributed by atoms with van der Waals surface area (Å²) < 4.78 is 27.8. The Kier molecular flexibility index (Phi) is 5.12. The molecule has 1 N–H and O–H groups in total. The van der Waals surface area contributed by atoms with Crippen LogP contribution in [0.2, 0.25) is 0 Å². The molecule has 3 aromatic carbocycles. The Morgan fingerprint density at radius 3 is 2.47 bits per heavy atom. The van der Waals surface area contributed by atoms with Crippen LogP contribution in [0.25, 0.3) is 0 Å². The van der Waals surface area contributed by atoms with E-state index in [-0.39, 0.29) is 16.8 Å². The molecule has 1 aliphatic rings. The summed E-state index contributed by atoms with van der Waals surface area (Å²) in [5.41, 5.74) is 4.84. The second-order valence-electron chi connectivity index (χ2n) is 7.78. The van der Waals surface area contributed by atoms with Gasteiger partial charge in [-0.2, -0.15) is 0 Å². The minimum Gasteiger partial charge on any atom is -0.322 e. The third-order valence-electron chi connectivity index (χ3n) is 5.44. The molecule has 5 nitrogen and oxygen atoms in total. The maximum absolute atomic E-state index is 13.2. The van der Waals surface area contributed by atoms with Crippen LogP contribution >= 0.6 is 0 Å². The minimum atomic E-state index is -3.66. The van der Waals surface area contributed by atoms with Crippen molar-refractivity contribution in [3.05, 3.63) is 89.0 Å². The lowest BCUT2D eigenvalue weighted by Gasteiger charge is -2.24. The second kappa shape index (κ2) is 7.61. The van der Waals surface area contributed by atoms with Crippen LogP contribution in [-0.2, 0) is 16.4 Å². The number of sulfonamides is 1. The van der Waals surface area contributed by atoms with E-state index in [1.54, 1.807) is 48.5 Å². The summed E-state index contributed by atoms with van der Waals surface area (Å²) in [5, 5.41) is 2.97. The van der Waals surface area contributed by atoms with Crippen molar-refractivity contribution in [2.24, 2.45) is 0 Å². The molecule has 0 aromatic heterocycles. The van der Waals surface area contributed by atoms with Gasteiger partial charge in [-0.15, -0.1) is 0 Å². The van der Waals surface area contributed by atoms with Gasteiger partial charge in [0.1, 0.15) is 0 Å². The van der Waals surface area contributed by atoms with E-state index in [1.165, 1.54) is 4.31 Å². The Morgan fingerprint density at radius 2 is 1.73 bits per heavy atom. The van der Waals surface area contributed by atoms with E-state index >= 15 is 0 Å². The van der Waals surface area contributed by atoms with E-state index in [9.17, 15) is 13.2 Å². The van der Waals surface area contributed by atoms with Gasteiger partial charge in [-0.1, -0.05) is 30.3 Å². The van der Waals surface area contributed by atoms with Gasteiger partial charge in [-0.3, -0.25) is 9.10 Å². The number of rotatable bonds is 4. The molecule has 1 amide bonds. The first-order valence-corrected chi connectivity index (χ1v) is 11.3. The SMILES string of the molecule is Cc1ccc(C)c(NC(=O)c2ccc3c(c2)C[C@H](C)N3S(=O)(=O)c2ccccc2)c1. The molecule has 0 aliphatic carbocycles. The molecule has 0 spiro atoms. The van der Waals surface area contributed by atoms with Crippen LogP contribution in [0.5, 0.6) is 0 Å². The molecule has 30 heavy (non-hydrogen) atoms. The number of carbonyl (C=O) groups is 1. The number of amides is 1. The molecule has 1 heterocycles. The largest absolute Gasteiger partial charge is 0.322 e. The Hall–Kier alpha value is -3.12. The number of hydrogen-bond acceptors (Lipinski definition) is 3. The van der Waals surface area contributed by atoms with Crippen LogP contribution in [0.15, 0.2) is 71.6 Å². The van der Waals surface area contributed by atoms with E-state index in [4.69, 9.17) is 0 Å². The summed E-state index contributed by atoms with van der Waals surface area (Å²) in [6.45, 7) is 5.82. The molecule has 4 rings (SSSR count). The normalized spacial score (nSPS) is 15.7. The third-order valence-corrected chi connectivity index (χ3v) is 7.38. The molecular formula is C24H24N2O3S. The summed E-state index contributed by atoms with van der Waals surface area (Å²) in [5.74, 6) is -0.205. The predicted octanol–water partition coefficient (Wildman–Crippen LogP) is 4.70. The van der Waals surface area contributed by atoms with Gasteiger partial charge in [0.15, 0.2) is 0 Å². The maximum Gasteiger partial charge on any atom is 0.264 e. The Labute approximate surface area is 177 Å². The fourth-order valence-corrected chi connectivity index (χ4v) is 5.59. The van der Waals surface area contributed by atoms with Crippen LogP contribution in [-0.4, -0.2) is 20.4 Å². The molecule has 0 saturated heterocycles. The zero-order chi connectivity index (χ0) is 21.5. The highest BCUT2D eigenvalue weighted by Gasteiger charge is 2.36. The number of benzene rings is 3. The van der Waals surface area contributed by atoms with Crippen molar-refractivity contribution in [1.82, 2.24) is 0 Å². The Balaban J connectivity index is 1.64. The van der Waals surface area contributed by atoms with Crippen molar-refractivity contribution in [2.45, 2.75) is 38.1 Å².